The van der Waals surface area contributed by atoms with Gasteiger partial charge in [-0.2, -0.15) is 11.8 Å². The van der Waals surface area contributed by atoms with Crippen molar-refractivity contribution >= 4 is 47.3 Å². The Morgan fingerprint density at radius 2 is 1.58 bits per heavy atom. The van der Waals surface area contributed by atoms with E-state index in [1.807, 2.05) is 0 Å². The van der Waals surface area contributed by atoms with E-state index in [2.05, 4.69) is 25.9 Å². The first-order valence-corrected chi connectivity index (χ1v) is 12.3. The number of hydrogen-bond donors (Lipinski definition) is 8. The second kappa shape index (κ2) is 15.4. The summed E-state index contributed by atoms with van der Waals surface area (Å²) in [5.41, 5.74) is 16.4. The number of aromatic nitrogens is 2. The number of imidazole rings is 1. The minimum atomic E-state index is -1.58. The van der Waals surface area contributed by atoms with Crippen molar-refractivity contribution in [3.63, 3.8) is 0 Å². The largest absolute Gasteiger partial charge is 0.480 e. The Balaban J connectivity index is 3.02. The van der Waals surface area contributed by atoms with Crippen LogP contribution in [0, 0.1) is 0 Å². The summed E-state index contributed by atoms with van der Waals surface area (Å²) in [6.45, 7) is 0. The normalized spacial score (nSPS) is 14.1. The predicted octanol–water partition coefficient (Wildman–Crippen LogP) is -3.29. The summed E-state index contributed by atoms with van der Waals surface area (Å²) in [6.07, 6.45) is 3.90. The number of amides is 5. The molecular weight excluding hydrogens is 496 g/mol. The Bertz CT molecular complexity index is 927. The number of nitrogens with two attached hydrogens (primary N) is 3. The second-order valence-electron chi connectivity index (χ2n) is 7.87. The van der Waals surface area contributed by atoms with Crippen molar-refractivity contribution in [3.8, 4) is 0 Å². The van der Waals surface area contributed by atoms with E-state index >= 15 is 0 Å². The number of carboxylic acid groups (broad SMARTS) is 1. The molecule has 15 nitrogen and oxygen atoms in total. The lowest BCUT2D eigenvalue weighted by molar-refractivity contribution is -0.143. The number of primary amides is 2. The molecule has 1 aromatic rings. The quantitative estimate of drug-likeness (QED) is 0.0998. The molecule has 0 aliphatic heterocycles. The fourth-order valence-electron chi connectivity index (χ4n) is 2.98. The number of carbonyl (C=O) groups is 6. The van der Waals surface area contributed by atoms with Crippen molar-refractivity contribution in [2.24, 2.45) is 17.2 Å². The number of nitrogens with one attached hydrogen (secondary N) is 4. The lowest BCUT2D eigenvalue weighted by atomic mass is 10.1. The van der Waals surface area contributed by atoms with Crippen LogP contribution in [0.3, 0.4) is 0 Å². The average Bonchev–Trinajstić information content (AvgIpc) is 3.31. The minimum Gasteiger partial charge on any atom is -0.480 e. The number of hydrogen-bond acceptors (Lipinski definition) is 9. The number of rotatable bonds is 17. The topological polar surface area (TPSA) is 265 Å². The van der Waals surface area contributed by atoms with E-state index in [1.165, 1.54) is 24.3 Å². The molecular formula is C20H32N8O7S. The molecule has 4 atom stereocenters. The molecule has 16 heteroatoms. The van der Waals surface area contributed by atoms with Crippen molar-refractivity contribution in [2.45, 2.75) is 56.3 Å². The number of nitrogens with zero attached hydrogens (tertiary/aromatic N) is 1. The van der Waals surface area contributed by atoms with Gasteiger partial charge in [0.1, 0.15) is 18.1 Å². The van der Waals surface area contributed by atoms with Gasteiger partial charge in [0.05, 0.1) is 18.8 Å². The Labute approximate surface area is 211 Å². The average molecular weight is 529 g/mol. The summed E-state index contributed by atoms with van der Waals surface area (Å²) in [4.78, 5) is 78.6. The van der Waals surface area contributed by atoms with Crippen molar-refractivity contribution in [1.29, 1.82) is 0 Å². The van der Waals surface area contributed by atoms with Gasteiger partial charge in [-0.25, -0.2) is 9.78 Å². The van der Waals surface area contributed by atoms with Gasteiger partial charge in [0, 0.05) is 24.7 Å². The molecule has 200 valence electrons. The molecule has 0 radical (unpaired) electrons. The summed E-state index contributed by atoms with van der Waals surface area (Å²) in [5.74, 6) is -4.90. The highest BCUT2D eigenvalue weighted by Crippen LogP contribution is 2.06. The van der Waals surface area contributed by atoms with Gasteiger partial charge in [0.2, 0.25) is 29.5 Å². The fourth-order valence-corrected chi connectivity index (χ4v) is 3.45. The van der Waals surface area contributed by atoms with E-state index in [-0.39, 0.29) is 25.7 Å². The Morgan fingerprint density at radius 3 is 2.11 bits per heavy atom. The third kappa shape index (κ3) is 11.2. The van der Waals surface area contributed by atoms with Crippen LogP contribution in [-0.4, -0.2) is 86.8 Å². The zero-order valence-corrected chi connectivity index (χ0v) is 20.5. The maximum absolute atomic E-state index is 13.1. The van der Waals surface area contributed by atoms with E-state index in [9.17, 15) is 33.9 Å². The van der Waals surface area contributed by atoms with E-state index in [4.69, 9.17) is 17.2 Å². The molecule has 4 unspecified atom stereocenters. The van der Waals surface area contributed by atoms with Gasteiger partial charge >= 0.3 is 5.97 Å². The van der Waals surface area contributed by atoms with Crippen LogP contribution in [0.2, 0.25) is 0 Å². The lowest BCUT2D eigenvalue weighted by Gasteiger charge is -2.25. The van der Waals surface area contributed by atoms with Gasteiger partial charge in [-0.05, 0) is 24.9 Å². The van der Waals surface area contributed by atoms with Gasteiger partial charge in [-0.15, -0.1) is 0 Å². The second-order valence-corrected chi connectivity index (χ2v) is 8.85. The van der Waals surface area contributed by atoms with Crippen LogP contribution >= 0.6 is 11.8 Å². The smallest absolute Gasteiger partial charge is 0.326 e. The number of carbonyl (C=O) groups excluding carboxylic acids is 5. The Hall–Kier alpha value is -3.66. The third-order valence-corrected chi connectivity index (χ3v) is 5.56. The van der Waals surface area contributed by atoms with Gasteiger partial charge in [-0.1, -0.05) is 0 Å². The summed E-state index contributed by atoms with van der Waals surface area (Å²) < 4.78 is 0. The number of aromatic amines is 1. The monoisotopic (exact) mass is 528 g/mol. The van der Waals surface area contributed by atoms with Crippen molar-refractivity contribution < 1.29 is 33.9 Å². The van der Waals surface area contributed by atoms with Crippen LogP contribution in [0.4, 0.5) is 0 Å². The number of carboxylic acids is 1. The standard InChI is InChI=1S/C20H32N8O7S/c1-36-5-4-12(18(32)28-14(20(34)35)7-16(23)30)26-19(33)13(6-10-8-24-9-25-10)27-17(31)11(21)2-3-15(22)29/h8-9,11-14H,2-7,21H2,1H3,(H2,22,29)(H2,23,30)(H,24,25)(H,26,33)(H,27,31)(H,28,32)(H,34,35). The highest BCUT2D eigenvalue weighted by atomic mass is 32.2. The summed E-state index contributed by atoms with van der Waals surface area (Å²) in [7, 11) is 0. The van der Waals surface area contributed by atoms with Gasteiger partial charge < -0.3 is 43.2 Å². The van der Waals surface area contributed by atoms with Crippen LogP contribution < -0.4 is 33.2 Å². The van der Waals surface area contributed by atoms with Crippen molar-refractivity contribution in [1.82, 2.24) is 25.9 Å². The van der Waals surface area contributed by atoms with Crippen LogP contribution in [0.15, 0.2) is 12.5 Å². The summed E-state index contributed by atoms with van der Waals surface area (Å²) in [6, 6.07) is -5.06. The predicted molar refractivity (Wildman–Crippen MR) is 129 cm³/mol. The first kappa shape index (κ1) is 30.4. The lowest BCUT2D eigenvalue weighted by Crippen LogP contribution is -2.58. The van der Waals surface area contributed by atoms with E-state index < -0.39 is 66.1 Å². The van der Waals surface area contributed by atoms with E-state index in [0.29, 0.717) is 11.4 Å². The molecule has 0 fully saturated rings. The zero-order valence-electron chi connectivity index (χ0n) is 19.7. The molecule has 0 saturated heterocycles. The molecule has 11 N–H and O–H groups in total. The maximum Gasteiger partial charge on any atom is 0.326 e. The third-order valence-electron chi connectivity index (χ3n) is 4.91. The summed E-state index contributed by atoms with van der Waals surface area (Å²) in [5, 5.41) is 16.5. The molecule has 1 rings (SSSR count). The molecule has 36 heavy (non-hydrogen) atoms. The van der Waals surface area contributed by atoms with Crippen molar-refractivity contribution in [2.75, 3.05) is 12.0 Å². The van der Waals surface area contributed by atoms with Gasteiger partial charge in [0.25, 0.3) is 0 Å². The molecule has 0 spiro atoms. The van der Waals surface area contributed by atoms with Crippen LogP contribution in [-0.2, 0) is 35.2 Å². The van der Waals surface area contributed by atoms with E-state index in [0.717, 1.165) is 0 Å². The van der Waals surface area contributed by atoms with E-state index in [1.54, 1.807) is 6.26 Å². The van der Waals surface area contributed by atoms with Gasteiger partial charge in [0.15, 0.2) is 0 Å². The van der Waals surface area contributed by atoms with Crippen LogP contribution in [0.25, 0.3) is 0 Å². The Morgan fingerprint density at radius 1 is 0.972 bits per heavy atom. The molecule has 5 amide bonds. The first-order chi connectivity index (χ1) is 16.9. The molecule has 1 aromatic heterocycles. The number of aliphatic carboxylic acids is 1. The maximum atomic E-state index is 13.1. The highest BCUT2D eigenvalue weighted by molar-refractivity contribution is 7.98. The molecule has 1 heterocycles. The molecule has 0 aliphatic carbocycles. The van der Waals surface area contributed by atoms with Crippen LogP contribution in [0.5, 0.6) is 0 Å². The SMILES string of the molecule is CSCCC(NC(=O)C(Cc1cnc[nH]1)NC(=O)C(N)CCC(N)=O)C(=O)NC(CC(N)=O)C(=O)O. The highest BCUT2D eigenvalue weighted by Gasteiger charge is 2.31. The summed E-state index contributed by atoms with van der Waals surface area (Å²) >= 11 is 1.39. The zero-order chi connectivity index (χ0) is 27.3. The molecule has 0 aliphatic rings. The van der Waals surface area contributed by atoms with Gasteiger partial charge in [-0.3, -0.25) is 24.0 Å². The Kier molecular flexibility index (Phi) is 13.0. The number of thioether (sulfide) groups is 1. The van der Waals surface area contributed by atoms with Crippen molar-refractivity contribution in [3.05, 3.63) is 18.2 Å². The molecule has 0 bridgehead atoms. The fraction of sp³-hybridized carbons (Fsp3) is 0.550. The first-order valence-electron chi connectivity index (χ1n) is 10.9. The van der Waals surface area contributed by atoms with Crippen LogP contribution in [0.1, 0.15) is 31.4 Å². The molecule has 0 saturated carbocycles. The minimum absolute atomic E-state index is 0.0313. The number of H-pyrrole nitrogens is 1. The molecule has 0 aromatic carbocycles.